The second-order valence-electron chi connectivity index (χ2n) is 4.66. The summed E-state index contributed by atoms with van der Waals surface area (Å²) < 4.78 is 5.33. The quantitative estimate of drug-likeness (QED) is 0.744. The third-order valence-corrected chi connectivity index (χ3v) is 3.08. The summed E-state index contributed by atoms with van der Waals surface area (Å²) in [7, 11) is 0. The summed E-state index contributed by atoms with van der Waals surface area (Å²) in [5.74, 6) is 5.51. The largest absolute Gasteiger partial charge is 0.395 e. The molecule has 0 radical (unpaired) electrons. The van der Waals surface area contributed by atoms with E-state index in [0.717, 1.165) is 0 Å². The molecule has 1 aliphatic heterocycles. The Morgan fingerprint density at radius 1 is 1.48 bits per heavy atom. The predicted molar refractivity (Wildman–Crippen MR) is 75.5 cm³/mol. The molecule has 1 amide bonds. The van der Waals surface area contributed by atoms with Gasteiger partial charge in [0.15, 0.2) is 0 Å². The highest BCUT2D eigenvalue weighted by Crippen LogP contribution is 2.11. The van der Waals surface area contributed by atoms with Crippen LogP contribution in [-0.4, -0.2) is 65.0 Å². The standard InChI is InChI=1S/C15H18N2O4/c18-5-2-1-3-12-7-13(9-16-8-12)15(20)17-4-6-21-14(10-17)11-19/h7-9,14,18-19H,2,4-6,10-11H2. The van der Waals surface area contributed by atoms with Crippen molar-refractivity contribution in [3.05, 3.63) is 29.6 Å². The number of aliphatic hydroxyl groups excluding tert-OH is 2. The minimum atomic E-state index is -0.330. The zero-order valence-corrected chi connectivity index (χ0v) is 11.7. The Hall–Kier alpha value is -1.94. The first-order valence-corrected chi connectivity index (χ1v) is 6.81. The molecular formula is C15H18N2O4. The first-order chi connectivity index (χ1) is 10.2. The first-order valence-electron chi connectivity index (χ1n) is 6.81. The van der Waals surface area contributed by atoms with Crippen molar-refractivity contribution < 1.29 is 19.7 Å². The maximum atomic E-state index is 12.4. The third kappa shape index (κ3) is 4.26. The van der Waals surface area contributed by atoms with Gasteiger partial charge in [0.25, 0.3) is 5.91 Å². The molecule has 1 aliphatic rings. The number of carbonyl (C=O) groups is 1. The van der Waals surface area contributed by atoms with Crippen molar-refractivity contribution in [1.29, 1.82) is 0 Å². The number of rotatable bonds is 3. The molecule has 1 aromatic heterocycles. The van der Waals surface area contributed by atoms with E-state index in [4.69, 9.17) is 14.9 Å². The van der Waals surface area contributed by atoms with Crippen LogP contribution in [0.2, 0.25) is 0 Å². The van der Waals surface area contributed by atoms with E-state index < -0.39 is 0 Å². The van der Waals surface area contributed by atoms with E-state index in [1.54, 1.807) is 17.2 Å². The molecule has 2 heterocycles. The van der Waals surface area contributed by atoms with Crippen molar-refractivity contribution >= 4 is 5.91 Å². The predicted octanol–water partition coefficient (Wildman–Crippen LogP) is -0.351. The zero-order chi connectivity index (χ0) is 15.1. The molecule has 112 valence electrons. The van der Waals surface area contributed by atoms with Gasteiger partial charge in [-0.25, -0.2) is 0 Å². The van der Waals surface area contributed by atoms with Gasteiger partial charge in [-0.05, 0) is 6.07 Å². The lowest BCUT2D eigenvalue weighted by molar-refractivity contribution is -0.0447. The van der Waals surface area contributed by atoms with Crippen LogP contribution in [0.5, 0.6) is 0 Å². The average molecular weight is 290 g/mol. The Balaban J connectivity index is 2.09. The van der Waals surface area contributed by atoms with Crippen molar-refractivity contribution in [1.82, 2.24) is 9.88 Å². The summed E-state index contributed by atoms with van der Waals surface area (Å²) in [6.07, 6.45) is 3.14. The van der Waals surface area contributed by atoms with Gasteiger partial charge in [-0.3, -0.25) is 9.78 Å². The molecule has 2 rings (SSSR count). The van der Waals surface area contributed by atoms with Crippen LogP contribution in [0.1, 0.15) is 22.3 Å². The fourth-order valence-corrected chi connectivity index (χ4v) is 2.04. The van der Waals surface area contributed by atoms with Crippen LogP contribution < -0.4 is 0 Å². The molecule has 0 spiro atoms. The molecule has 1 fully saturated rings. The van der Waals surface area contributed by atoms with Gasteiger partial charge in [0.2, 0.25) is 0 Å². The van der Waals surface area contributed by atoms with Gasteiger partial charge < -0.3 is 19.8 Å². The number of hydrogen-bond acceptors (Lipinski definition) is 5. The highest BCUT2D eigenvalue weighted by molar-refractivity contribution is 5.94. The molecule has 1 aromatic rings. The van der Waals surface area contributed by atoms with Crippen molar-refractivity contribution in [2.75, 3.05) is 32.9 Å². The second-order valence-corrected chi connectivity index (χ2v) is 4.66. The molecule has 0 aliphatic carbocycles. The van der Waals surface area contributed by atoms with Crippen molar-refractivity contribution in [2.45, 2.75) is 12.5 Å². The molecule has 1 unspecified atom stereocenters. The summed E-state index contributed by atoms with van der Waals surface area (Å²) >= 11 is 0. The van der Waals surface area contributed by atoms with Crippen LogP contribution in [0, 0.1) is 11.8 Å². The van der Waals surface area contributed by atoms with Crippen LogP contribution in [0.25, 0.3) is 0 Å². The highest BCUT2D eigenvalue weighted by Gasteiger charge is 2.24. The molecule has 6 heteroatoms. The summed E-state index contributed by atoms with van der Waals surface area (Å²) in [6, 6.07) is 1.68. The van der Waals surface area contributed by atoms with E-state index in [0.29, 0.717) is 37.2 Å². The van der Waals surface area contributed by atoms with Gasteiger partial charge in [-0.15, -0.1) is 0 Å². The second kappa shape index (κ2) is 7.74. The molecular weight excluding hydrogens is 272 g/mol. The van der Waals surface area contributed by atoms with Crippen molar-refractivity contribution in [2.24, 2.45) is 0 Å². The maximum Gasteiger partial charge on any atom is 0.255 e. The number of morpholine rings is 1. The van der Waals surface area contributed by atoms with Crippen LogP contribution in [0.4, 0.5) is 0 Å². The Morgan fingerprint density at radius 2 is 2.33 bits per heavy atom. The normalized spacial score (nSPS) is 18.0. The lowest BCUT2D eigenvalue weighted by atomic mass is 10.1. The molecule has 1 saturated heterocycles. The van der Waals surface area contributed by atoms with Gasteiger partial charge in [0.05, 0.1) is 31.5 Å². The summed E-state index contributed by atoms with van der Waals surface area (Å²) in [5, 5.41) is 17.8. The number of pyridine rings is 1. The molecule has 6 nitrogen and oxygen atoms in total. The van der Waals surface area contributed by atoms with E-state index in [1.165, 1.54) is 6.20 Å². The average Bonchev–Trinajstić information content (AvgIpc) is 2.55. The third-order valence-electron chi connectivity index (χ3n) is 3.08. The fourth-order valence-electron chi connectivity index (χ4n) is 2.04. The monoisotopic (exact) mass is 290 g/mol. The topological polar surface area (TPSA) is 82.9 Å². The number of hydrogen-bond donors (Lipinski definition) is 2. The van der Waals surface area contributed by atoms with Crippen LogP contribution in [0.15, 0.2) is 18.5 Å². The van der Waals surface area contributed by atoms with E-state index >= 15 is 0 Å². The number of ether oxygens (including phenoxy) is 1. The van der Waals surface area contributed by atoms with Crippen molar-refractivity contribution in [3.63, 3.8) is 0 Å². The number of nitrogens with zero attached hydrogens (tertiary/aromatic N) is 2. The van der Waals surface area contributed by atoms with Crippen LogP contribution in [0.3, 0.4) is 0 Å². The minimum absolute atomic E-state index is 0.00930. The SMILES string of the molecule is O=C(c1cncc(C#CCCO)c1)N1CCOC(CO)C1. The van der Waals surface area contributed by atoms with Crippen LogP contribution in [-0.2, 0) is 4.74 Å². The molecule has 21 heavy (non-hydrogen) atoms. The fraction of sp³-hybridized carbons (Fsp3) is 0.467. The van der Waals surface area contributed by atoms with Gasteiger partial charge in [-0.2, -0.15) is 0 Å². The van der Waals surface area contributed by atoms with Crippen molar-refractivity contribution in [3.8, 4) is 11.8 Å². The maximum absolute atomic E-state index is 12.4. The summed E-state index contributed by atoms with van der Waals surface area (Å²) in [6.45, 7) is 1.19. The molecule has 0 bridgehead atoms. The molecule has 0 saturated carbocycles. The lowest BCUT2D eigenvalue weighted by Crippen LogP contribution is -2.46. The Morgan fingerprint density at radius 3 is 3.10 bits per heavy atom. The van der Waals surface area contributed by atoms with E-state index in [9.17, 15) is 4.79 Å². The summed E-state index contributed by atoms with van der Waals surface area (Å²) in [5.41, 5.74) is 1.10. The Bertz CT molecular complexity index is 550. The summed E-state index contributed by atoms with van der Waals surface area (Å²) in [4.78, 5) is 18.1. The van der Waals surface area contributed by atoms with E-state index in [2.05, 4.69) is 16.8 Å². The van der Waals surface area contributed by atoms with Crippen LogP contribution >= 0.6 is 0 Å². The van der Waals surface area contributed by atoms with Gasteiger partial charge in [-0.1, -0.05) is 11.8 Å². The first kappa shape index (κ1) is 15.4. The Labute approximate surface area is 123 Å². The lowest BCUT2D eigenvalue weighted by Gasteiger charge is -2.32. The van der Waals surface area contributed by atoms with E-state index in [1.807, 2.05) is 0 Å². The zero-order valence-electron chi connectivity index (χ0n) is 11.7. The minimum Gasteiger partial charge on any atom is -0.395 e. The molecule has 2 N–H and O–H groups in total. The van der Waals surface area contributed by atoms with E-state index in [-0.39, 0.29) is 25.2 Å². The van der Waals surface area contributed by atoms with Gasteiger partial charge >= 0.3 is 0 Å². The number of amides is 1. The number of carbonyl (C=O) groups excluding carboxylic acids is 1. The highest BCUT2D eigenvalue weighted by atomic mass is 16.5. The smallest absolute Gasteiger partial charge is 0.255 e. The van der Waals surface area contributed by atoms with Gasteiger partial charge in [0, 0.05) is 37.5 Å². The number of aliphatic hydroxyl groups is 2. The van der Waals surface area contributed by atoms with Gasteiger partial charge in [0.1, 0.15) is 0 Å². The number of aromatic nitrogens is 1. The molecule has 0 aromatic carbocycles. The Kier molecular flexibility index (Phi) is 5.69. The molecule has 1 atom stereocenters.